The Hall–Kier alpha value is -6.09. The van der Waals surface area contributed by atoms with Crippen LogP contribution in [0.5, 0.6) is 5.75 Å². The lowest BCUT2D eigenvalue weighted by atomic mass is 10.0. The van der Waals surface area contributed by atoms with E-state index in [-0.39, 0.29) is 36.5 Å². The first kappa shape index (κ1) is 40.6. The fourth-order valence-corrected chi connectivity index (χ4v) is 7.77. The molecule has 4 atom stereocenters. The number of amidine groups is 1. The average Bonchev–Trinajstić information content (AvgIpc) is 3.82. The Labute approximate surface area is 334 Å². The summed E-state index contributed by atoms with van der Waals surface area (Å²) < 4.78 is 6.80. The first-order valence-corrected chi connectivity index (χ1v) is 20.0. The molecule has 2 bridgehead atoms. The number of para-hydroxylation sites is 2. The van der Waals surface area contributed by atoms with E-state index in [1.807, 2.05) is 60.7 Å². The lowest BCUT2D eigenvalue weighted by molar-refractivity contribution is -0.133. The van der Waals surface area contributed by atoms with Crippen LogP contribution in [0.25, 0.3) is 21.1 Å². The summed E-state index contributed by atoms with van der Waals surface area (Å²) in [5.74, 6) is -1.42. The Morgan fingerprint density at radius 3 is 2.53 bits per heavy atom. The molecule has 0 spiro atoms. The van der Waals surface area contributed by atoms with Gasteiger partial charge < -0.3 is 36.7 Å². The summed E-state index contributed by atoms with van der Waals surface area (Å²) >= 11 is 1.25. The molecule has 5 aromatic rings. The molecule has 4 heterocycles. The van der Waals surface area contributed by atoms with Crippen LogP contribution in [0.15, 0.2) is 84.0 Å². The summed E-state index contributed by atoms with van der Waals surface area (Å²) in [6.45, 7) is 3.73. The number of nitrogens with two attached hydrogens (primary N) is 1. The predicted octanol–water partition coefficient (Wildman–Crippen LogP) is 4.12. The van der Waals surface area contributed by atoms with Crippen molar-refractivity contribution in [2.24, 2.45) is 10.7 Å². The summed E-state index contributed by atoms with van der Waals surface area (Å²) in [7, 11) is 0. The smallest absolute Gasteiger partial charge is 0.243 e. The molecule has 0 radical (unpaired) electrons. The minimum absolute atomic E-state index is 0.0883. The zero-order chi connectivity index (χ0) is 40.3. The maximum absolute atomic E-state index is 14.4. The van der Waals surface area contributed by atoms with Crippen LogP contribution in [0.2, 0.25) is 0 Å². The van der Waals surface area contributed by atoms with Gasteiger partial charge in [-0.2, -0.15) is 0 Å². The molecule has 0 aliphatic carbocycles. The number of rotatable bonds is 11. The number of Topliss-reactive ketones (excluding diaryl/α,β-unsaturated/α-hetero) is 1. The van der Waals surface area contributed by atoms with Gasteiger partial charge in [-0.3, -0.25) is 29.0 Å². The fraction of sp³-hybridized carbons (Fsp3) is 0.357. The van der Waals surface area contributed by atoms with E-state index in [2.05, 4.69) is 36.2 Å². The SMILES string of the molecule is CC(=O)N[C@H]1Cc2ccc(cc2)OCCCC[C@@H](C(=O)N[C@@H](CCCN=C(C)N)C(=O)c2nc3ccccc3s2)NC(=O)[C@@H](Cc2c[nH]c3ccccc23)NC1=O. The number of ketones is 1. The predicted molar refractivity (Wildman–Crippen MR) is 220 cm³/mol. The Kier molecular flexibility index (Phi) is 13.6. The third-order valence-electron chi connectivity index (χ3n) is 9.73. The number of hydrogen-bond donors (Lipinski definition) is 6. The second-order valence-corrected chi connectivity index (χ2v) is 15.2. The number of nitrogens with one attached hydrogen (secondary N) is 5. The van der Waals surface area contributed by atoms with Crippen LogP contribution in [-0.4, -0.2) is 82.5 Å². The second-order valence-electron chi connectivity index (χ2n) is 14.2. The Bertz CT molecular complexity index is 2210. The van der Waals surface area contributed by atoms with Gasteiger partial charge in [-0.1, -0.05) is 42.5 Å². The Balaban J connectivity index is 1.29. The van der Waals surface area contributed by atoms with Crippen molar-refractivity contribution in [2.45, 2.75) is 83.0 Å². The van der Waals surface area contributed by atoms with Crippen LogP contribution >= 0.6 is 11.3 Å². The highest BCUT2D eigenvalue weighted by molar-refractivity contribution is 7.20. The van der Waals surface area contributed by atoms with E-state index in [1.165, 1.54) is 18.3 Å². The summed E-state index contributed by atoms with van der Waals surface area (Å²) in [6, 6.07) is 18.2. The number of carbonyl (C=O) groups excluding carboxylic acids is 5. The molecule has 2 aliphatic rings. The molecule has 15 heteroatoms. The zero-order valence-electron chi connectivity index (χ0n) is 32.0. The monoisotopic (exact) mass is 792 g/mol. The van der Waals surface area contributed by atoms with Crippen molar-refractivity contribution in [3.63, 3.8) is 0 Å². The molecule has 3 aromatic carbocycles. The van der Waals surface area contributed by atoms with Gasteiger partial charge in [0, 0.05) is 43.4 Å². The number of aromatic amines is 1. The maximum atomic E-state index is 14.4. The molecule has 0 unspecified atom stereocenters. The van der Waals surface area contributed by atoms with Gasteiger partial charge in [0.1, 0.15) is 23.9 Å². The number of nitrogens with zero attached hydrogens (tertiary/aromatic N) is 2. The number of ether oxygens (including phenoxy) is 1. The van der Waals surface area contributed by atoms with Gasteiger partial charge in [0.2, 0.25) is 29.4 Å². The van der Waals surface area contributed by atoms with E-state index in [9.17, 15) is 24.0 Å². The van der Waals surface area contributed by atoms with E-state index >= 15 is 0 Å². The number of thiazole rings is 1. The van der Waals surface area contributed by atoms with Crippen molar-refractivity contribution in [3.05, 3.63) is 95.1 Å². The third-order valence-corrected chi connectivity index (χ3v) is 10.8. The van der Waals surface area contributed by atoms with Crippen molar-refractivity contribution < 1.29 is 28.7 Å². The van der Waals surface area contributed by atoms with Crippen molar-refractivity contribution in [3.8, 4) is 5.75 Å². The van der Waals surface area contributed by atoms with Gasteiger partial charge in [-0.05, 0) is 80.5 Å². The first-order chi connectivity index (χ1) is 27.5. The average molecular weight is 793 g/mol. The maximum Gasteiger partial charge on any atom is 0.243 e. The zero-order valence-corrected chi connectivity index (χ0v) is 32.8. The van der Waals surface area contributed by atoms with E-state index in [0.717, 1.165) is 26.7 Å². The summed E-state index contributed by atoms with van der Waals surface area (Å²) in [6.07, 6.45) is 4.06. The van der Waals surface area contributed by atoms with Gasteiger partial charge in [-0.25, -0.2) is 4.98 Å². The molecular weight excluding hydrogens is 745 g/mol. The molecule has 0 fully saturated rings. The fourth-order valence-electron chi connectivity index (χ4n) is 6.81. The van der Waals surface area contributed by atoms with Crippen molar-refractivity contribution in [2.75, 3.05) is 13.2 Å². The van der Waals surface area contributed by atoms with Crippen molar-refractivity contribution in [1.29, 1.82) is 0 Å². The van der Waals surface area contributed by atoms with Crippen LogP contribution in [0, 0.1) is 0 Å². The minimum Gasteiger partial charge on any atom is -0.494 e. The molecule has 57 heavy (non-hydrogen) atoms. The lowest BCUT2D eigenvalue weighted by Crippen LogP contribution is -2.58. The molecule has 4 amide bonds. The molecule has 0 saturated carbocycles. The molecule has 298 valence electrons. The Morgan fingerprint density at radius 2 is 1.75 bits per heavy atom. The normalized spacial score (nSPS) is 18.9. The van der Waals surface area contributed by atoms with Gasteiger partial charge in [-0.15, -0.1) is 11.3 Å². The molecular formula is C42H48N8O6S. The van der Waals surface area contributed by atoms with Crippen LogP contribution < -0.4 is 31.7 Å². The Morgan fingerprint density at radius 1 is 0.982 bits per heavy atom. The minimum atomic E-state index is -1.14. The number of carbonyl (C=O) groups is 5. The van der Waals surface area contributed by atoms with Gasteiger partial charge in [0.25, 0.3) is 0 Å². The van der Waals surface area contributed by atoms with E-state index in [1.54, 1.807) is 25.3 Å². The van der Waals surface area contributed by atoms with Crippen molar-refractivity contribution >= 4 is 67.7 Å². The van der Waals surface area contributed by atoms with E-state index < -0.39 is 47.8 Å². The number of fused-ring (bicyclic) bond motifs is 16. The molecule has 14 nitrogen and oxygen atoms in total. The molecule has 0 saturated heterocycles. The van der Waals surface area contributed by atoms with Gasteiger partial charge in [0.05, 0.1) is 28.7 Å². The molecule has 2 aromatic heterocycles. The quantitative estimate of drug-likeness (QED) is 0.0495. The van der Waals surface area contributed by atoms with Crippen LogP contribution in [-0.2, 0) is 32.0 Å². The van der Waals surface area contributed by atoms with Gasteiger partial charge in [0.15, 0.2) is 5.01 Å². The summed E-state index contributed by atoms with van der Waals surface area (Å²) in [5, 5.41) is 12.6. The lowest BCUT2D eigenvalue weighted by Gasteiger charge is -2.26. The molecule has 7 N–H and O–H groups in total. The first-order valence-electron chi connectivity index (χ1n) is 19.2. The van der Waals surface area contributed by atoms with E-state index in [4.69, 9.17) is 10.5 Å². The largest absolute Gasteiger partial charge is 0.494 e. The highest BCUT2D eigenvalue weighted by atomic mass is 32.1. The highest BCUT2D eigenvalue weighted by Crippen LogP contribution is 2.24. The van der Waals surface area contributed by atoms with Crippen LogP contribution in [0.3, 0.4) is 0 Å². The topological polar surface area (TPSA) is 210 Å². The number of aliphatic imine (C=N–C) groups is 1. The molecule has 7 rings (SSSR count). The second kappa shape index (κ2) is 19.2. The summed E-state index contributed by atoms with van der Waals surface area (Å²) in [5.41, 5.74) is 8.85. The number of H-pyrrole nitrogens is 1. The standard InChI is InChI=1S/C42H48N8O6S/c1-25(43)44-20-9-14-33(38(52)42-50-32-12-5-6-15-37(32)57-42)47-39(53)34-13-7-8-21-56-29-18-16-27(17-19-29)22-35(46-26(2)51)40(54)49-36(41(55)48-34)23-28-24-45-31-11-4-3-10-30(28)31/h3-6,10-12,15-19,24,33-36,45H,7-9,13-14,20-23H2,1-2H3,(H2,43,44)(H,46,51)(H,47,53)(H,48,55)(H,49,54)/t33-,34-,35-,36+/m0/s1. The van der Waals surface area contributed by atoms with Crippen LogP contribution in [0.4, 0.5) is 0 Å². The van der Waals surface area contributed by atoms with Crippen LogP contribution in [0.1, 0.15) is 66.9 Å². The number of aromatic nitrogens is 2. The number of amides is 4. The highest BCUT2D eigenvalue weighted by Gasteiger charge is 2.33. The van der Waals surface area contributed by atoms with E-state index in [0.29, 0.717) is 49.5 Å². The third kappa shape index (κ3) is 11.0. The van der Waals surface area contributed by atoms with Crippen molar-refractivity contribution in [1.82, 2.24) is 31.2 Å². The number of hydrogen-bond acceptors (Lipinski definition) is 9. The number of benzene rings is 3. The van der Waals surface area contributed by atoms with Gasteiger partial charge >= 0.3 is 0 Å². The summed E-state index contributed by atoms with van der Waals surface area (Å²) in [4.78, 5) is 81.0. The molecule has 2 aliphatic heterocycles.